The van der Waals surface area contributed by atoms with Crippen LogP contribution in [-0.4, -0.2) is 38.1 Å². The van der Waals surface area contributed by atoms with E-state index in [-0.39, 0.29) is 12.7 Å². The summed E-state index contributed by atoms with van der Waals surface area (Å²) in [5.41, 5.74) is 6.35. The highest BCUT2D eigenvalue weighted by molar-refractivity contribution is 5.42. The standard InChI is InChI=1S/C13H21NO4/c1-3-17-11(7-14)9-18-12-5-4-10(8-15)6-13(12)16-2/h4-6,11,15H,3,7-9,14H2,1-2H3. The van der Waals surface area contributed by atoms with Gasteiger partial charge in [-0.15, -0.1) is 0 Å². The molecule has 0 spiro atoms. The fourth-order valence-electron chi connectivity index (χ4n) is 1.53. The van der Waals surface area contributed by atoms with Gasteiger partial charge in [-0.3, -0.25) is 0 Å². The van der Waals surface area contributed by atoms with Gasteiger partial charge in [0.15, 0.2) is 11.5 Å². The van der Waals surface area contributed by atoms with Gasteiger partial charge in [0.1, 0.15) is 12.7 Å². The first-order chi connectivity index (χ1) is 8.74. The first-order valence-electron chi connectivity index (χ1n) is 5.97. The van der Waals surface area contributed by atoms with E-state index in [1.807, 2.05) is 6.92 Å². The van der Waals surface area contributed by atoms with E-state index in [9.17, 15) is 0 Å². The van der Waals surface area contributed by atoms with Crippen LogP contribution >= 0.6 is 0 Å². The minimum atomic E-state index is -0.128. The van der Waals surface area contributed by atoms with Crippen molar-refractivity contribution in [3.63, 3.8) is 0 Å². The van der Waals surface area contributed by atoms with Gasteiger partial charge in [-0.1, -0.05) is 6.07 Å². The van der Waals surface area contributed by atoms with Crippen molar-refractivity contribution >= 4 is 0 Å². The quantitative estimate of drug-likeness (QED) is 0.723. The minimum Gasteiger partial charge on any atom is -0.493 e. The molecule has 0 saturated heterocycles. The van der Waals surface area contributed by atoms with Gasteiger partial charge in [0.05, 0.1) is 13.7 Å². The fraction of sp³-hybridized carbons (Fsp3) is 0.538. The lowest BCUT2D eigenvalue weighted by Gasteiger charge is -2.17. The van der Waals surface area contributed by atoms with E-state index in [0.717, 1.165) is 5.56 Å². The Bertz CT molecular complexity index is 357. The lowest BCUT2D eigenvalue weighted by Crippen LogP contribution is -2.30. The molecule has 0 amide bonds. The van der Waals surface area contributed by atoms with Gasteiger partial charge in [-0.05, 0) is 24.6 Å². The predicted octanol–water partition coefficient (Wildman–Crippen LogP) is 0.930. The molecule has 0 aliphatic rings. The molecular weight excluding hydrogens is 234 g/mol. The molecule has 5 heteroatoms. The number of ether oxygens (including phenoxy) is 3. The molecule has 1 unspecified atom stereocenters. The summed E-state index contributed by atoms with van der Waals surface area (Å²) < 4.78 is 16.2. The number of hydrogen-bond donors (Lipinski definition) is 2. The Morgan fingerprint density at radius 3 is 2.67 bits per heavy atom. The molecule has 0 radical (unpaired) electrons. The zero-order valence-electron chi connectivity index (χ0n) is 10.9. The maximum absolute atomic E-state index is 9.04. The molecular formula is C13H21NO4. The average Bonchev–Trinajstić information content (AvgIpc) is 2.43. The third kappa shape index (κ3) is 4.18. The van der Waals surface area contributed by atoms with E-state index in [1.54, 1.807) is 25.3 Å². The average molecular weight is 255 g/mol. The molecule has 102 valence electrons. The minimum absolute atomic E-state index is 0.0268. The van der Waals surface area contributed by atoms with Crippen molar-refractivity contribution in [3.8, 4) is 11.5 Å². The van der Waals surface area contributed by atoms with Crippen LogP contribution in [0.25, 0.3) is 0 Å². The number of hydrogen-bond acceptors (Lipinski definition) is 5. The van der Waals surface area contributed by atoms with Crippen molar-refractivity contribution in [1.82, 2.24) is 0 Å². The van der Waals surface area contributed by atoms with Crippen LogP contribution in [-0.2, 0) is 11.3 Å². The van der Waals surface area contributed by atoms with Crippen LogP contribution in [0.1, 0.15) is 12.5 Å². The summed E-state index contributed by atoms with van der Waals surface area (Å²) in [7, 11) is 1.56. The van der Waals surface area contributed by atoms with Crippen LogP contribution in [0.15, 0.2) is 18.2 Å². The Morgan fingerprint density at radius 2 is 2.11 bits per heavy atom. The van der Waals surface area contributed by atoms with E-state index >= 15 is 0 Å². The SMILES string of the molecule is CCOC(CN)COc1ccc(CO)cc1OC. The second kappa shape index (κ2) is 7.92. The summed E-state index contributed by atoms with van der Waals surface area (Å²) in [6.45, 7) is 3.27. The Kier molecular flexibility index (Phi) is 6.49. The van der Waals surface area contributed by atoms with Crippen LogP contribution in [0.5, 0.6) is 11.5 Å². The molecule has 0 aliphatic carbocycles. The van der Waals surface area contributed by atoms with Crippen molar-refractivity contribution in [2.45, 2.75) is 19.6 Å². The van der Waals surface area contributed by atoms with Crippen LogP contribution in [0, 0.1) is 0 Å². The molecule has 0 bridgehead atoms. The zero-order chi connectivity index (χ0) is 13.4. The van der Waals surface area contributed by atoms with Crippen LogP contribution in [0.3, 0.4) is 0 Å². The lowest BCUT2D eigenvalue weighted by atomic mass is 10.2. The number of nitrogens with two attached hydrogens (primary N) is 1. The summed E-state index contributed by atoms with van der Waals surface area (Å²) in [5, 5.41) is 9.04. The number of methoxy groups -OCH3 is 1. The van der Waals surface area contributed by atoms with Crippen molar-refractivity contribution < 1.29 is 19.3 Å². The van der Waals surface area contributed by atoms with E-state index in [2.05, 4.69) is 0 Å². The molecule has 0 fully saturated rings. The first kappa shape index (κ1) is 14.8. The third-order valence-corrected chi connectivity index (χ3v) is 2.50. The summed E-state index contributed by atoms with van der Waals surface area (Å²) in [6.07, 6.45) is -0.128. The van der Waals surface area contributed by atoms with Gasteiger partial charge >= 0.3 is 0 Å². The van der Waals surface area contributed by atoms with Gasteiger partial charge in [-0.2, -0.15) is 0 Å². The largest absolute Gasteiger partial charge is 0.493 e. The maximum atomic E-state index is 9.04. The normalized spacial score (nSPS) is 12.2. The second-order valence-corrected chi connectivity index (χ2v) is 3.77. The Hall–Kier alpha value is -1.30. The molecule has 0 heterocycles. The van der Waals surface area contributed by atoms with Gasteiger partial charge in [0.25, 0.3) is 0 Å². The van der Waals surface area contributed by atoms with Gasteiger partial charge < -0.3 is 25.1 Å². The van der Waals surface area contributed by atoms with Gasteiger partial charge in [0, 0.05) is 13.2 Å². The molecule has 1 aromatic carbocycles. The van der Waals surface area contributed by atoms with E-state index < -0.39 is 0 Å². The smallest absolute Gasteiger partial charge is 0.161 e. The molecule has 1 rings (SSSR count). The monoisotopic (exact) mass is 255 g/mol. The Balaban J connectivity index is 2.65. The Morgan fingerprint density at radius 1 is 1.33 bits per heavy atom. The van der Waals surface area contributed by atoms with Crippen LogP contribution in [0.4, 0.5) is 0 Å². The van der Waals surface area contributed by atoms with Gasteiger partial charge in [0.2, 0.25) is 0 Å². The number of benzene rings is 1. The van der Waals surface area contributed by atoms with Crippen molar-refractivity contribution in [2.24, 2.45) is 5.73 Å². The number of rotatable bonds is 8. The highest BCUT2D eigenvalue weighted by atomic mass is 16.5. The number of aliphatic hydroxyl groups excluding tert-OH is 1. The van der Waals surface area contributed by atoms with Crippen LogP contribution in [0.2, 0.25) is 0 Å². The van der Waals surface area contributed by atoms with E-state index in [1.165, 1.54) is 0 Å². The van der Waals surface area contributed by atoms with Crippen molar-refractivity contribution in [3.05, 3.63) is 23.8 Å². The maximum Gasteiger partial charge on any atom is 0.161 e. The molecule has 18 heavy (non-hydrogen) atoms. The van der Waals surface area contributed by atoms with Crippen LogP contribution < -0.4 is 15.2 Å². The number of aliphatic hydroxyl groups is 1. The van der Waals surface area contributed by atoms with Crippen molar-refractivity contribution in [1.29, 1.82) is 0 Å². The summed E-state index contributed by atoms with van der Waals surface area (Å²) in [4.78, 5) is 0. The molecule has 1 aromatic rings. The lowest BCUT2D eigenvalue weighted by molar-refractivity contribution is 0.0330. The van der Waals surface area contributed by atoms with E-state index in [4.69, 9.17) is 25.1 Å². The molecule has 0 aromatic heterocycles. The van der Waals surface area contributed by atoms with E-state index in [0.29, 0.717) is 31.3 Å². The molecule has 0 saturated carbocycles. The fourth-order valence-corrected chi connectivity index (χ4v) is 1.53. The molecule has 0 aliphatic heterocycles. The second-order valence-electron chi connectivity index (χ2n) is 3.77. The summed E-state index contributed by atoms with van der Waals surface area (Å²) in [5.74, 6) is 1.21. The van der Waals surface area contributed by atoms with Crippen molar-refractivity contribution in [2.75, 3.05) is 26.9 Å². The molecule has 3 N–H and O–H groups in total. The highest BCUT2D eigenvalue weighted by Crippen LogP contribution is 2.28. The zero-order valence-corrected chi connectivity index (χ0v) is 10.9. The first-order valence-corrected chi connectivity index (χ1v) is 5.97. The summed E-state index contributed by atoms with van der Waals surface area (Å²) in [6, 6.07) is 5.30. The predicted molar refractivity (Wildman–Crippen MR) is 68.9 cm³/mol. The summed E-state index contributed by atoms with van der Waals surface area (Å²) >= 11 is 0. The highest BCUT2D eigenvalue weighted by Gasteiger charge is 2.10. The molecule has 5 nitrogen and oxygen atoms in total. The topological polar surface area (TPSA) is 73.9 Å². The molecule has 1 atom stereocenters. The van der Waals surface area contributed by atoms with Gasteiger partial charge in [-0.25, -0.2) is 0 Å². The Labute approximate surface area is 107 Å². The third-order valence-electron chi connectivity index (χ3n) is 2.50.